The van der Waals surface area contributed by atoms with Gasteiger partial charge in [-0.15, -0.1) is 6.58 Å². The van der Waals surface area contributed by atoms with E-state index in [1.165, 1.54) is 11.1 Å². The van der Waals surface area contributed by atoms with Crippen molar-refractivity contribution in [2.45, 2.75) is 50.5 Å². The molecular weight excluding hydrogens is 297 g/mol. The van der Waals surface area contributed by atoms with Gasteiger partial charge in [0.25, 0.3) is 0 Å². The third-order valence-electron chi connectivity index (χ3n) is 6.01. The summed E-state index contributed by atoms with van der Waals surface area (Å²) in [5, 5.41) is 3.64. The van der Waals surface area contributed by atoms with Crippen molar-refractivity contribution in [1.29, 1.82) is 0 Å². The molecule has 0 bridgehead atoms. The molecule has 3 atom stereocenters. The highest BCUT2D eigenvalue weighted by atomic mass is 16.5. The third kappa shape index (κ3) is 2.61. The van der Waals surface area contributed by atoms with Gasteiger partial charge in [0.15, 0.2) is 0 Å². The zero-order valence-corrected chi connectivity index (χ0v) is 14.7. The van der Waals surface area contributed by atoms with Crippen molar-refractivity contribution in [2.24, 2.45) is 5.92 Å². The van der Waals surface area contributed by atoms with Gasteiger partial charge in [-0.2, -0.15) is 0 Å². The second-order valence-corrected chi connectivity index (χ2v) is 7.10. The molecule has 2 radical (unpaired) electrons. The fourth-order valence-corrected chi connectivity index (χ4v) is 4.99. The van der Waals surface area contributed by atoms with Crippen LogP contribution in [0.5, 0.6) is 5.75 Å². The molecule has 1 saturated carbocycles. The van der Waals surface area contributed by atoms with Gasteiger partial charge in [0, 0.05) is 36.4 Å². The van der Waals surface area contributed by atoms with Crippen molar-refractivity contribution in [3.05, 3.63) is 35.9 Å². The number of carbonyl (C=O) groups excluding carboxylic acids is 1. The molecule has 1 fully saturated rings. The first-order valence-corrected chi connectivity index (χ1v) is 8.89. The van der Waals surface area contributed by atoms with E-state index in [0.717, 1.165) is 31.6 Å². The van der Waals surface area contributed by atoms with E-state index in [2.05, 4.69) is 24.9 Å². The van der Waals surface area contributed by atoms with Crippen molar-refractivity contribution in [3.63, 3.8) is 0 Å². The van der Waals surface area contributed by atoms with Gasteiger partial charge < -0.3 is 10.1 Å². The van der Waals surface area contributed by atoms with Crippen LogP contribution in [0, 0.1) is 5.92 Å². The van der Waals surface area contributed by atoms with E-state index in [-0.39, 0.29) is 5.41 Å². The number of benzene rings is 1. The van der Waals surface area contributed by atoms with Gasteiger partial charge in [0.2, 0.25) is 0 Å². The molecule has 126 valence electrons. The molecule has 3 rings (SSSR count). The van der Waals surface area contributed by atoms with Crippen LogP contribution in [-0.2, 0) is 16.6 Å². The standard InChI is InChI=1S/C20H26BNO2/c1-4-10-22-17-11-13-6-9-16(21)19(24-3)18(13)20(5-2)12-14(23)7-8-15(17)20/h4,6,9,15,17,22H,1,5,7-8,10-12H2,2-3H3/t15?,17?,20-/m0/s1. The van der Waals surface area contributed by atoms with Crippen LogP contribution < -0.4 is 15.5 Å². The summed E-state index contributed by atoms with van der Waals surface area (Å²) in [7, 11) is 7.88. The minimum Gasteiger partial charge on any atom is -0.497 e. The van der Waals surface area contributed by atoms with Crippen LogP contribution >= 0.6 is 0 Å². The van der Waals surface area contributed by atoms with E-state index in [1.807, 2.05) is 12.1 Å². The monoisotopic (exact) mass is 323 g/mol. The topological polar surface area (TPSA) is 38.3 Å². The van der Waals surface area contributed by atoms with Gasteiger partial charge in [-0.3, -0.25) is 4.79 Å². The van der Waals surface area contributed by atoms with E-state index in [9.17, 15) is 4.79 Å². The van der Waals surface area contributed by atoms with Crippen LogP contribution in [0.1, 0.15) is 43.7 Å². The van der Waals surface area contributed by atoms with Crippen LogP contribution in [0.3, 0.4) is 0 Å². The Balaban J connectivity index is 2.18. The Hall–Kier alpha value is -1.55. The molecule has 3 nitrogen and oxygen atoms in total. The Morgan fingerprint density at radius 2 is 2.29 bits per heavy atom. The summed E-state index contributed by atoms with van der Waals surface area (Å²) < 4.78 is 5.70. The number of Topliss-reactive ketones (excluding diaryl/α,β-unsaturated/α-hetero) is 1. The lowest BCUT2D eigenvalue weighted by atomic mass is 9.53. The average molecular weight is 323 g/mol. The molecular formula is C20H26BNO2. The average Bonchev–Trinajstić information content (AvgIpc) is 2.59. The number of rotatable bonds is 5. The van der Waals surface area contributed by atoms with E-state index in [4.69, 9.17) is 12.6 Å². The molecule has 4 heteroatoms. The molecule has 2 aliphatic rings. The van der Waals surface area contributed by atoms with Crippen LogP contribution in [-0.4, -0.2) is 33.3 Å². The number of methoxy groups -OCH3 is 1. The molecule has 2 aliphatic carbocycles. The molecule has 0 aliphatic heterocycles. The minimum absolute atomic E-state index is 0.178. The molecule has 0 spiro atoms. The molecule has 1 aromatic carbocycles. The first-order chi connectivity index (χ1) is 11.6. The van der Waals surface area contributed by atoms with Crippen molar-refractivity contribution in [1.82, 2.24) is 5.32 Å². The molecule has 0 aromatic heterocycles. The lowest BCUT2D eigenvalue weighted by Crippen LogP contribution is -2.55. The summed E-state index contributed by atoms with van der Waals surface area (Å²) in [4.78, 5) is 12.4. The fourth-order valence-electron chi connectivity index (χ4n) is 4.99. The van der Waals surface area contributed by atoms with Crippen molar-refractivity contribution in [2.75, 3.05) is 13.7 Å². The van der Waals surface area contributed by atoms with Crippen molar-refractivity contribution >= 4 is 19.1 Å². The first-order valence-electron chi connectivity index (χ1n) is 8.89. The van der Waals surface area contributed by atoms with Gasteiger partial charge >= 0.3 is 0 Å². The molecule has 1 aromatic rings. The zero-order valence-electron chi connectivity index (χ0n) is 14.7. The first kappa shape index (κ1) is 17.3. The maximum absolute atomic E-state index is 12.4. The van der Waals surface area contributed by atoms with Gasteiger partial charge in [-0.25, -0.2) is 0 Å². The quantitative estimate of drug-likeness (QED) is 0.667. The number of hydrogen-bond acceptors (Lipinski definition) is 3. The molecule has 2 unspecified atom stereocenters. The SMILES string of the molecule is [B]c1ccc2c(c1OC)[C@@]1(CC)CC(=O)CCC1C(NCC=C)C2. The summed E-state index contributed by atoms with van der Waals surface area (Å²) in [6.45, 7) is 6.81. The van der Waals surface area contributed by atoms with Crippen LogP contribution in [0.2, 0.25) is 0 Å². The number of carbonyl (C=O) groups is 1. The van der Waals surface area contributed by atoms with E-state index in [0.29, 0.717) is 36.0 Å². The highest BCUT2D eigenvalue weighted by Gasteiger charge is 2.51. The Morgan fingerprint density at radius 3 is 2.96 bits per heavy atom. The van der Waals surface area contributed by atoms with Crippen LogP contribution in [0.25, 0.3) is 0 Å². The van der Waals surface area contributed by atoms with Gasteiger partial charge in [-0.1, -0.05) is 30.6 Å². The van der Waals surface area contributed by atoms with Crippen molar-refractivity contribution < 1.29 is 9.53 Å². The number of ether oxygens (including phenoxy) is 1. The Morgan fingerprint density at radius 1 is 1.50 bits per heavy atom. The smallest absolute Gasteiger partial charge is 0.133 e. The highest BCUT2D eigenvalue weighted by Crippen LogP contribution is 2.53. The summed E-state index contributed by atoms with van der Waals surface area (Å²) in [6, 6.07) is 4.40. The van der Waals surface area contributed by atoms with Crippen LogP contribution in [0.15, 0.2) is 24.8 Å². The number of fused-ring (bicyclic) bond motifs is 3. The van der Waals surface area contributed by atoms with Crippen molar-refractivity contribution in [3.8, 4) is 5.75 Å². The molecule has 24 heavy (non-hydrogen) atoms. The third-order valence-corrected chi connectivity index (χ3v) is 6.01. The van der Waals surface area contributed by atoms with Crippen LogP contribution in [0.4, 0.5) is 0 Å². The largest absolute Gasteiger partial charge is 0.497 e. The van der Waals surface area contributed by atoms with Gasteiger partial charge in [0.1, 0.15) is 19.4 Å². The molecule has 0 amide bonds. The highest BCUT2D eigenvalue weighted by molar-refractivity contribution is 6.34. The maximum atomic E-state index is 12.4. The Kier molecular flexibility index (Phi) is 4.86. The van der Waals surface area contributed by atoms with E-state index >= 15 is 0 Å². The normalized spacial score (nSPS) is 28.8. The predicted octanol–water partition coefficient (Wildman–Crippen LogP) is 2.21. The van der Waals surface area contributed by atoms with E-state index in [1.54, 1.807) is 7.11 Å². The second-order valence-electron chi connectivity index (χ2n) is 7.10. The molecule has 1 N–H and O–H groups in total. The minimum atomic E-state index is -0.178. The number of hydrogen-bond donors (Lipinski definition) is 1. The molecule has 0 saturated heterocycles. The predicted molar refractivity (Wildman–Crippen MR) is 98.4 cm³/mol. The summed E-state index contributed by atoms with van der Waals surface area (Å²) in [5.41, 5.74) is 2.93. The summed E-state index contributed by atoms with van der Waals surface area (Å²) >= 11 is 0. The molecule has 0 heterocycles. The second kappa shape index (κ2) is 6.75. The van der Waals surface area contributed by atoms with E-state index < -0.39 is 0 Å². The number of ketones is 1. The lowest BCUT2D eigenvalue weighted by molar-refractivity contribution is -0.124. The van der Waals surface area contributed by atoms with Gasteiger partial charge in [0.05, 0.1) is 7.11 Å². The fraction of sp³-hybridized carbons (Fsp3) is 0.550. The zero-order chi connectivity index (χ0) is 17.3. The maximum Gasteiger partial charge on any atom is 0.133 e. The van der Waals surface area contributed by atoms with Gasteiger partial charge in [-0.05, 0) is 30.7 Å². The Bertz CT molecular complexity index is 657. The lowest BCUT2D eigenvalue weighted by Gasteiger charge is -2.52. The number of nitrogens with one attached hydrogen (secondary N) is 1. The summed E-state index contributed by atoms with van der Waals surface area (Å²) in [6.07, 6.45) is 5.97. The summed E-state index contributed by atoms with van der Waals surface area (Å²) in [5.74, 6) is 1.55. The Labute approximate surface area is 146 Å².